The van der Waals surface area contributed by atoms with Crippen molar-refractivity contribution in [3.8, 4) is 11.3 Å². The highest BCUT2D eigenvalue weighted by atomic mass is 16.1. The lowest BCUT2D eigenvalue weighted by atomic mass is 10.2. The predicted molar refractivity (Wildman–Crippen MR) is 68.1 cm³/mol. The first-order chi connectivity index (χ1) is 8.69. The second-order valence-corrected chi connectivity index (χ2v) is 4.00. The smallest absolute Gasteiger partial charge is 0.275 e. The van der Waals surface area contributed by atoms with Crippen molar-refractivity contribution in [2.45, 2.75) is 0 Å². The van der Waals surface area contributed by atoms with Crippen molar-refractivity contribution in [2.24, 2.45) is 7.05 Å². The van der Waals surface area contributed by atoms with Crippen LogP contribution in [0.3, 0.4) is 0 Å². The molecule has 90 valence electrons. The molecule has 0 saturated carbocycles. The third-order valence-electron chi connectivity index (χ3n) is 2.77. The van der Waals surface area contributed by atoms with E-state index in [0.717, 1.165) is 5.56 Å². The average molecular weight is 241 g/mol. The van der Waals surface area contributed by atoms with Crippen molar-refractivity contribution in [3.63, 3.8) is 0 Å². The minimum Gasteiger partial charge on any atom is -0.319 e. The Kier molecular flexibility index (Phi) is 2.16. The summed E-state index contributed by atoms with van der Waals surface area (Å²) in [6.45, 7) is 3.66. The number of H-pyrrole nitrogens is 1. The largest absolute Gasteiger partial charge is 0.319 e. The summed E-state index contributed by atoms with van der Waals surface area (Å²) in [6, 6.07) is 0. The minimum absolute atomic E-state index is 0.191. The lowest BCUT2D eigenvalue weighted by molar-refractivity contribution is 0.768. The van der Waals surface area contributed by atoms with Crippen LogP contribution in [0.25, 0.3) is 22.9 Å². The Morgan fingerprint density at radius 3 is 2.83 bits per heavy atom. The Morgan fingerprint density at radius 2 is 2.17 bits per heavy atom. The van der Waals surface area contributed by atoms with Crippen molar-refractivity contribution >= 4 is 11.6 Å². The van der Waals surface area contributed by atoms with Crippen LogP contribution in [0.5, 0.6) is 0 Å². The molecule has 0 radical (unpaired) electrons. The number of aryl methyl sites for hydroxylation is 1. The van der Waals surface area contributed by atoms with Crippen LogP contribution >= 0.6 is 0 Å². The molecule has 0 bridgehead atoms. The molecule has 6 heteroatoms. The monoisotopic (exact) mass is 241 g/mol. The van der Waals surface area contributed by atoms with E-state index in [2.05, 4.69) is 21.8 Å². The number of aromatic nitrogens is 5. The molecule has 0 aliphatic carbocycles. The third-order valence-corrected chi connectivity index (χ3v) is 2.77. The molecule has 0 aliphatic heterocycles. The lowest BCUT2D eigenvalue weighted by Crippen LogP contribution is -2.11. The molecule has 0 unspecified atom stereocenters. The third kappa shape index (κ3) is 1.46. The van der Waals surface area contributed by atoms with E-state index in [-0.39, 0.29) is 5.56 Å². The van der Waals surface area contributed by atoms with Crippen molar-refractivity contribution in [2.75, 3.05) is 0 Å². The molecular formula is C12H11N5O. The molecule has 0 spiro atoms. The van der Waals surface area contributed by atoms with Crippen LogP contribution in [0.15, 0.2) is 36.2 Å². The van der Waals surface area contributed by atoms with E-state index in [4.69, 9.17) is 0 Å². The van der Waals surface area contributed by atoms with E-state index < -0.39 is 0 Å². The van der Waals surface area contributed by atoms with Crippen molar-refractivity contribution < 1.29 is 0 Å². The summed E-state index contributed by atoms with van der Waals surface area (Å²) in [7, 11) is 1.82. The zero-order valence-corrected chi connectivity index (χ0v) is 9.79. The van der Waals surface area contributed by atoms with Crippen molar-refractivity contribution in [3.05, 3.63) is 47.3 Å². The number of aromatic amines is 1. The van der Waals surface area contributed by atoms with Gasteiger partial charge in [-0.3, -0.25) is 9.48 Å². The summed E-state index contributed by atoms with van der Waals surface area (Å²) >= 11 is 0. The zero-order chi connectivity index (χ0) is 12.7. The van der Waals surface area contributed by atoms with Gasteiger partial charge >= 0.3 is 0 Å². The molecule has 1 N–H and O–H groups in total. The molecule has 3 heterocycles. The molecule has 3 aromatic heterocycles. The van der Waals surface area contributed by atoms with Crippen molar-refractivity contribution in [1.82, 2.24) is 24.4 Å². The topological polar surface area (TPSA) is 68.0 Å². The summed E-state index contributed by atoms with van der Waals surface area (Å²) in [6.07, 6.45) is 8.51. The highest BCUT2D eigenvalue weighted by Gasteiger charge is 2.09. The number of rotatable bonds is 2. The summed E-state index contributed by atoms with van der Waals surface area (Å²) in [4.78, 5) is 14.9. The van der Waals surface area contributed by atoms with E-state index in [1.54, 1.807) is 33.9 Å². The number of fused-ring (bicyclic) bond motifs is 1. The highest BCUT2D eigenvalue weighted by molar-refractivity contribution is 5.68. The van der Waals surface area contributed by atoms with Crippen molar-refractivity contribution in [1.29, 1.82) is 0 Å². The van der Waals surface area contributed by atoms with E-state index in [1.165, 1.54) is 0 Å². The first-order valence-electron chi connectivity index (χ1n) is 5.41. The molecular weight excluding hydrogens is 230 g/mol. The molecule has 0 amide bonds. The first-order valence-corrected chi connectivity index (χ1v) is 5.41. The number of hydrogen-bond acceptors (Lipinski definition) is 3. The second-order valence-electron chi connectivity index (χ2n) is 4.00. The molecule has 0 aliphatic rings. The fourth-order valence-corrected chi connectivity index (χ4v) is 1.90. The van der Waals surface area contributed by atoms with E-state index in [9.17, 15) is 4.79 Å². The van der Waals surface area contributed by atoms with Gasteiger partial charge < -0.3 is 4.98 Å². The van der Waals surface area contributed by atoms with Crippen LogP contribution < -0.4 is 5.56 Å². The van der Waals surface area contributed by atoms with E-state index >= 15 is 0 Å². The van der Waals surface area contributed by atoms with Crippen LogP contribution in [0.2, 0.25) is 0 Å². The molecule has 0 saturated heterocycles. The Labute approximate surface area is 102 Å². The minimum atomic E-state index is -0.191. The summed E-state index contributed by atoms with van der Waals surface area (Å²) in [5, 5.41) is 8.21. The maximum Gasteiger partial charge on any atom is 0.275 e. The molecule has 6 nitrogen and oxygen atoms in total. The van der Waals surface area contributed by atoms with Gasteiger partial charge in [0.25, 0.3) is 5.56 Å². The van der Waals surface area contributed by atoms with Gasteiger partial charge in [0.15, 0.2) is 0 Å². The zero-order valence-electron chi connectivity index (χ0n) is 9.79. The first kappa shape index (κ1) is 10.5. The summed E-state index contributed by atoms with van der Waals surface area (Å²) in [5.41, 5.74) is 2.54. The van der Waals surface area contributed by atoms with Crippen LogP contribution in [0.4, 0.5) is 0 Å². The molecule has 0 aromatic carbocycles. The van der Waals surface area contributed by atoms with Gasteiger partial charge in [-0.1, -0.05) is 12.7 Å². The second kappa shape index (κ2) is 3.69. The number of hydrogen-bond donors (Lipinski definition) is 1. The Morgan fingerprint density at radius 1 is 1.33 bits per heavy atom. The molecule has 0 fully saturated rings. The average Bonchev–Trinajstić information content (AvgIpc) is 2.95. The van der Waals surface area contributed by atoms with E-state index in [1.807, 2.05) is 13.2 Å². The lowest BCUT2D eigenvalue weighted by Gasteiger charge is -1.99. The normalized spacial score (nSPS) is 10.9. The quantitative estimate of drug-likeness (QED) is 0.729. The fourth-order valence-electron chi connectivity index (χ4n) is 1.90. The Bertz CT molecular complexity index is 792. The molecule has 3 rings (SSSR count). The summed E-state index contributed by atoms with van der Waals surface area (Å²) < 4.78 is 3.23. The standard InChI is InChI=1S/C12H11N5O/c1-3-8-4-14-17-7-10(15-12(18)11(8)17)9-5-13-16(2)6-9/h3-7H,1H2,2H3,(H,15,18). The van der Waals surface area contributed by atoms with Gasteiger partial charge in [0.2, 0.25) is 0 Å². The van der Waals surface area contributed by atoms with Gasteiger partial charge in [0.1, 0.15) is 5.52 Å². The van der Waals surface area contributed by atoms with E-state index in [0.29, 0.717) is 16.8 Å². The summed E-state index contributed by atoms with van der Waals surface area (Å²) in [5.74, 6) is 0. The molecule has 0 atom stereocenters. The van der Waals surface area contributed by atoms with Gasteiger partial charge in [0, 0.05) is 24.4 Å². The van der Waals surface area contributed by atoms with Gasteiger partial charge in [0.05, 0.1) is 24.3 Å². The highest BCUT2D eigenvalue weighted by Crippen LogP contribution is 2.15. The van der Waals surface area contributed by atoms with Gasteiger partial charge in [-0.15, -0.1) is 0 Å². The van der Waals surface area contributed by atoms with Crippen LogP contribution in [-0.2, 0) is 7.05 Å². The maximum absolute atomic E-state index is 12.0. The Hall–Kier alpha value is -2.63. The van der Waals surface area contributed by atoms with Crippen LogP contribution in [0, 0.1) is 0 Å². The van der Waals surface area contributed by atoms with Gasteiger partial charge in [-0.2, -0.15) is 10.2 Å². The number of nitrogens with one attached hydrogen (secondary N) is 1. The Balaban J connectivity index is 2.28. The SMILES string of the molecule is C=Cc1cnn2cc(-c3cnn(C)c3)[nH]c(=O)c12. The maximum atomic E-state index is 12.0. The van der Waals surface area contributed by atoms with Crippen LogP contribution in [0.1, 0.15) is 5.56 Å². The number of nitrogens with zero attached hydrogens (tertiary/aromatic N) is 4. The molecule has 18 heavy (non-hydrogen) atoms. The van der Waals surface area contributed by atoms with Crippen LogP contribution in [-0.4, -0.2) is 24.4 Å². The van der Waals surface area contributed by atoms with Gasteiger partial charge in [-0.05, 0) is 0 Å². The predicted octanol–water partition coefficient (Wildman–Crippen LogP) is 1.07. The van der Waals surface area contributed by atoms with Gasteiger partial charge in [-0.25, -0.2) is 4.52 Å². The molecule has 3 aromatic rings. The fraction of sp³-hybridized carbons (Fsp3) is 0.0833.